The van der Waals surface area contributed by atoms with Gasteiger partial charge in [-0.15, -0.1) is 0 Å². The zero-order valence-electron chi connectivity index (χ0n) is 10.4. The van der Waals surface area contributed by atoms with Crippen LogP contribution in [-0.2, 0) is 6.42 Å². The molecule has 2 N–H and O–H groups in total. The fraction of sp³-hybridized carbons (Fsp3) is 0.200. The van der Waals surface area contributed by atoms with Crippen LogP contribution in [0.3, 0.4) is 0 Å². The molecule has 1 heterocycles. The molecule has 0 radical (unpaired) electrons. The van der Waals surface area contributed by atoms with Gasteiger partial charge in [0.15, 0.2) is 5.78 Å². The van der Waals surface area contributed by atoms with E-state index in [0.717, 1.165) is 23.2 Å². The van der Waals surface area contributed by atoms with Crippen LogP contribution in [0.5, 0.6) is 0 Å². The lowest BCUT2D eigenvalue weighted by atomic mass is 10.0. The van der Waals surface area contributed by atoms with Gasteiger partial charge in [-0.1, -0.05) is 12.1 Å². The Kier molecular flexibility index (Phi) is 3.72. The number of aromatic nitrogens is 1. The lowest BCUT2D eigenvalue weighted by Gasteiger charge is -2.03. The van der Waals surface area contributed by atoms with Crippen molar-refractivity contribution < 1.29 is 4.79 Å². The molecule has 0 amide bonds. The summed E-state index contributed by atoms with van der Waals surface area (Å²) < 4.78 is 0. The van der Waals surface area contributed by atoms with Crippen molar-refractivity contribution in [2.45, 2.75) is 19.8 Å². The molecule has 0 fully saturated rings. The Morgan fingerprint density at radius 3 is 2.61 bits per heavy atom. The van der Waals surface area contributed by atoms with Crippen LogP contribution in [0, 0.1) is 6.92 Å². The Morgan fingerprint density at radius 2 is 1.94 bits per heavy atom. The van der Waals surface area contributed by atoms with Crippen LogP contribution in [0.25, 0.3) is 0 Å². The second kappa shape index (κ2) is 5.45. The van der Waals surface area contributed by atoms with Gasteiger partial charge in [-0.05, 0) is 42.7 Å². The normalized spacial score (nSPS) is 10.3. The summed E-state index contributed by atoms with van der Waals surface area (Å²) in [5.41, 5.74) is 9.18. The van der Waals surface area contributed by atoms with Crippen molar-refractivity contribution in [1.82, 2.24) is 4.98 Å². The van der Waals surface area contributed by atoms with E-state index >= 15 is 0 Å². The zero-order chi connectivity index (χ0) is 13.0. The molecule has 1 aromatic heterocycles. The average molecular weight is 240 g/mol. The number of hydrogen-bond donors (Lipinski definition) is 1. The standard InChI is InChI=1S/C15H16N2O/c1-11-8-13(10-17-9-11)15(18)7-4-12-2-5-14(16)6-3-12/h2-3,5-6,8-10H,4,7,16H2,1H3. The summed E-state index contributed by atoms with van der Waals surface area (Å²) >= 11 is 0. The first-order valence-corrected chi connectivity index (χ1v) is 5.94. The fourth-order valence-electron chi connectivity index (χ4n) is 1.79. The van der Waals surface area contributed by atoms with Crippen LogP contribution >= 0.6 is 0 Å². The number of benzene rings is 1. The summed E-state index contributed by atoms with van der Waals surface area (Å²) in [4.78, 5) is 16.0. The Balaban J connectivity index is 1.98. The number of carbonyl (C=O) groups excluding carboxylic acids is 1. The third kappa shape index (κ3) is 3.17. The van der Waals surface area contributed by atoms with Gasteiger partial charge >= 0.3 is 0 Å². The molecule has 3 nitrogen and oxygen atoms in total. The smallest absolute Gasteiger partial charge is 0.164 e. The van der Waals surface area contributed by atoms with E-state index in [1.807, 2.05) is 37.3 Å². The zero-order valence-corrected chi connectivity index (χ0v) is 10.4. The van der Waals surface area contributed by atoms with Gasteiger partial charge in [-0.3, -0.25) is 9.78 Å². The largest absolute Gasteiger partial charge is 0.399 e. The SMILES string of the molecule is Cc1cncc(C(=O)CCc2ccc(N)cc2)c1. The minimum Gasteiger partial charge on any atom is -0.399 e. The predicted octanol–water partition coefficient (Wildman–Crippen LogP) is 2.79. The molecule has 18 heavy (non-hydrogen) atoms. The molecular formula is C15H16N2O. The van der Waals surface area contributed by atoms with Crippen molar-refractivity contribution in [3.05, 3.63) is 59.4 Å². The molecule has 0 atom stereocenters. The highest BCUT2D eigenvalue weighted by Gasteiger charge is 2.06. The van der Waals surface area contributed by atoms with E-state index in [4.69, 9.17) is 5.73 Å². The first-order valence-electron chi connectivity index (χ1n) is 5.94. The number of Topliss-reactive ketones (excluding diaryl/α,β-unsaturated/α-hetero) is 1. The summed E-state index contributed by atoms with van der Waals surface area (Å²) in [6.07, 6.45) is 4.59. The fourth-order valence-corrected chi connectivity index (χ4v) is 1.79. The van der Waals surface area contributed by atoms with Crippen molar-refractivity contribution >= 4 is 11.5 Å². The maximum atomic E-state index is 12.0. The van der Waals surface area contributed by atoms with E-state index < -0.39 is 0 Å². The van der Waals surface area contributed by atoms with Crippen LogP contribution in [0.1, 0.15) is 27.9 Å². The predicted molar refractivity (Wildman–Crippen MR) is 72.5 cm³/mol. The van der Waals surface area contributed by atoms with Crippen LogP contribution in [-0.4, -0.2) is 10.8 Å². The van der Waals surface area contributed by atoms with Crippen molar-refractivity contribution in [3.63, 3.8) is 0 Å². The van der Waals surface area contributed by atoms with Gasteiger partial charge in [0.25, 0.3) is 0 Å². The maximum Gasteiger partial charge on any atom is 0.164 e. The molecule has 2 aromatic rings. The molecule has 0 saturated heterocycles. The summed E-state index contributed by atoms with van der Waals surface area (Å²) in [6, 6.07) is 9.49. The third-order valence-corrected chi connectivity index (χ3v) is 2.82. The number of carbonyl (C=O) groups is 1. The van der Waals surface area contributed by atoms with E-state index in [-0.39, 0.29) is 5.78 Å². The molecule has 0 saturated carbocycles. The minimum absolute atomic E-state index is 0.128. The molecule has 0 aliphatic carbocycles. The molecular weight excluding hydrogens is 224 g/mol. The lowest BCUT2D eigenvalue weighted by molar-refractivity contribution is 0.0982. The average Bonchev–Trinajstić information content (AvgIpc) is 2.38. The van der Waals surface area contributed by atoms with Gasteiger partial charge in [0.1, 0.15) is 0 Å². The van der Waals surface area contributed by atoms with Crippen molar-refractivity contribution in [3.8, 4) is 0 Å². The Labute approximate surface area is 107 Å². The molecule has 2 rings (SSSR count). The minimum atomic E-state index is 0.128. The molecule has 1 aromatic carbocycles. The Hall–Kier alpha value is -2.16. The number of hydrogen-bond acceptors (Lipinski definition) is 3. The quantitative estimate of drug-likeness (QED) is 0.660. The van der Waals surface area contributed by atoms with Gasteiger partial charge in [0.2, 0.25) is 0 Å². The third-order valence-electron chi connectivity index (χ3n) is 2.82. The molecule has 0 unspecified atom stereocenters. The van der Waals surface area contributed by atoms with E-state index in [1.54, 1.807) is 12.4 Å². The van der Waals surface area contributed by atoms with Gasteiger partial charge in [0.05, 0.1) is 0 Å². The summed E-state index contributed by atoms with van der Waals surface area (Å²) in [7, 11) is 0. The summed E-state index contributed by atoms with van der Waals surface area (Å²) in [5, 5.41) is 0. The van der Waals surface area contributed by atoms with Gasteiger partial charge in [-0.25, -0.2) is 0 Å². The number of ketones is 1. The van der Waals surface area contributed by atoms with E-state index in [9.17, 15) is 4.79 Å². The summed E-state index contributed by atoms with van der Waals surface area (Å²) in [5.74, 6) is 0.128. The van der Waals surface area contributed by atoms with Gasteiger partial charge in [-0.2, -0.15) is 0 Å². The van der Waals surface area contributed by atoms with Crippen LogP contribution in [0.15, 0.2) is 42.7 Å². The number of aryl methyl sites for hydroxylation is 2. The van der Waals surface area contributed by atoms with Crippen LogP contribution < -0.4 is 5.73 Å². The highest BCUT2D eigenvalue weighted by atomic mass is 16.1. The van der Waals surface area contributed by atoms with E-state index in [2.05, 4.69) is 4.98 Å². The molecule has 3 heteroatoms. The van der Waals surface area contributed by atoms with Crippen molar-refractivity contribution in [2.24, 2.45) is 0 Å². The van der Waals surface area contributed by atoms with Gasteiger partial charge < -0.3 is 5.73 Å². The first kappa shape index (κ1) is 12.3. The Bertz CT molecular complexity index is 547. The van der Waals surface area contributed by atoms with E-state index in [0.29, 0.717) is 12.0 Å². The first-order chi connectivity index (χ1) is 8.65. The molecule has 0 bridgehead atoms. The van der Waals surface area contributed by atoms with Crippen LogP contribution in [0.2, 0.25) is 0 Å². The monoisotopic (exact) mass is 240 g/mol. The highest BCUT2D eigenvalue weighted by molar-refractivity contribution is 5.96. The van der Waals surface area contributed by atoms with Crippen molar-refractivity contribution in [1.29, 1.82) is 0 Å². The number of nitrogens with two attached hydrogens (primary N) is 1. The van der Waals surface area contributed by atoms with E-state index in [1.165, 1.54) is 0 Å². The molecule has 0 spiro atoms. The molecule has 0 aliphatic rings. The lowest BCUT2D eigenvalue weighted by Crippen LogP contribution is -2.02. The maximum absolute atomic E-state index is 12.0. The second-order valence-corrected chi connectivity index (χ2v) is 4.42. The number of rotatable bonds is 4. The Morgan fingerprint density at radius 1 is 1.22 bits per heavy atom. The van der Waals surface area contributed by atoms with Crippen molar-refractivity contribution in [2.75, 3.05) is 5.73 Å². The topological polar surface area (TPSA) is 56.0 Å². The number of nitrogens with zero attached hydrogens (tertiary/aromatic N) is 1. The highest BCUT2D eigenvalue weighted by Crippen LogP contribution is 2.11. The molecule has 0 aliphatic heterocycles. The number of nitrogen functional groups attached to an aromatic ring is 1. The summed E-state index contributed by atoms with van der Waals surface area (Å²) in [6.45, 7) is 1.93. The number of anilines is 1. The second-order valence-electron chi connectivity index (χ2n) is 4.42. The van der Waals surface area contributed by atoms with Crippen LogP contribution in [0.4, 0.5) is 5.69 Å². The molecule has 92 valence electrons. The van der Waals surface area contributed by atoms with Gasteiger partial charge in [0, 0.05) is 30.1 Å². The number of pyridine rings is 1.